The summed E-state index contributed by atoms with van der Waals surface area (Å²) >= 11 is 0. The molecule has 5 rings (SSSR count). The van der Waals surface area contributed by atoms with Crippen molar-refractivity contribution in [3.8, 4) is 5.75 Å². The Bertz CT molecular complexity index is 1420. The third-order valence-corrected chi connectivity index (χ3v) is 5.55. The van der Waals surface area contributed by atoms with Crippen molar-refractivity contribution in [2.75, 3.05) is 10.2 Å². The molecule has 4 aromatic carbocycles. The molecule has 1 aliphatic heterocycles. The number of carbonyl (C=O) groups excluding carboxylic acids is 3. The fourth-order valence-electron chi connectivity index (χ4n) is 3.86. The Balaban J connectivity index is 1.44. The van der Waals surface area contributed by atoms with Gasteiger partial charge in [-0.15, -0.1) is 0 Å². The molecule has 2 N–H and O–H groups in total. The minimum Gasteiger partial charge on any atom is -0.507 e. The fourth-order valence-corrected chi connectivity index (χ4v) is 3.86. The third-order valence-electron chi connectivity index (χ3n) is 5.55. The van der Waals surface area contributed by atoms with Gasteiger partial charge in [-0.2, -0.15) is 0 Å². The number of phenols is 1. The van der Waals surface area contributed by atoms with Crippen LogP contribution < -0.4 is 10.2 Å². The Morgan fingerprint density at radius 1 is 0.812 bits per heavy atom. The highest BCUT2D eigenvalue weighted by atomic mass is 16.3. The number of aryl methyl sites for hydroxylation is 1. The highest BCUT2D eigenvalue weighted by molar-refractivity contribution is 6.34. The summed E-state index contributed by atoms with van der Waals surface area (Å²) in [7, 11) is 0. The number of amides is 3. The van der Waals surface area contributed by atoms with Gasteiger partial charge in [0.2, 0.25) is 0 Å². The zero-order valence-electron chi connectivity index (χ0n) is 17.1. The molecule has 0 atom stereocenters. The fraction of sp³-hybridized carbons (Fsp3) is 0.0385. The minimum atomic E-state index is -0.514. The highest BCUT2D eigenvalue weighted by Crippen LogP contribution is 2.31. The van der Waals surface area contributed by atoms with Crippen LogP contribution in [0.1, 0.15) is 36.6 Å². The van der Waals surface area contributed by atoms with Crippen LogP contribution in [0.4, 0.5) is 11.4 Å². The van der Waals surface area contributed by atoms with E-state index in [9.17, 15) is 19.5 Å². The first-order chi connectivity index (χ1) is 15.4. The van der Waals surface area contributed by atoms with Crippen molar-refractivity contribution in [2.45, 2.75) is 6.92 Å². The molecule has 0 aliphatic carbocycles. The molecule has 0 bridgehead atoms. The van der Waals surface area contributed by atoms with Crippen LogP contribution in [0.15, 0.2) is 78.9 Å². The van der Waals surface area contributed by atoms with E-state index in [1.54, 1.807) is 24.3 Å². The SMILES string of the molecule is Cc1ccc(N2C(=O)c3ccc(NC(=O)c4cc5ccccc5cc4O)cc3C2=O)cc1. The summed E-state index contributed by atoms with van der Waals surface area (Å²) in [6, 6.07) is 22.2. The van der Waals surface area contributed by atoms with Crippen molar-refractivity contribution in [2.24, 2.45) is 0 Å². The molecule has 32 heavy (non-hydrogen) atoms. The first-order valence-electron chi connectivity index (χ1n) is 10.0. The molecule has 6 nitrogen and oxygen atoms in total. The van der Waals surface area contributed by atoms with Gasteiger partial charge in [-0.05, 0) is 60.2 Å². The van der Waals surface area contributed by atoms with Crippen molar-refractivity contribution in [3.05, 3.63) is 101 Å². The normalized spacial score (nSPS) is 12.8. The van der Waals surface area contributed by atoms with Crippen molar-refractivity contribution in [1.82, 2.24) is 0 Å². The number of carbonyl (C=O) groups is 3. The monoisotopic (exact) mass is 422 g/mol. The zero-order chi connectivity index (χ0) is 22.4. The molecule has 6 heteroatoms. The summed E-state index contributed by atoms with van der Waals surface area (Å²) in [5.41, 5.74) is 2.49. The second-order valence-corrected chi connectivity index (χ2v) is 7.71. The third kappa shape index (κ3) is 3.18. The Labute approximate surface area is 183 Å². The average molecular weight is 422 g/mol. The number of nitrogens with one attached hydrogen (secondary N) is 1. The van der Waals surface area contributed by atoms with E-state index in [0.717, 1.165) is 21.2 Å². The van der Waals surface area contributed by atoms with Gasteiger partial charge in [0.1, 0.15) is 5.75 Å². The van der Waals surface area contributed by atoms with Crippen LogP contribution in [0.5, 0.6) is 5.75 Å². The molecule has 156 valence electrons. The van der Waals surface area contributed by atoms with Crippen LogP contribution >= 0.6 is 0 Å². The largest absolute Gasteiger partial charge is 0.507 e. The van der Waals surface area contributed by atoms with Crippen molar-refractivity contribution in [1.29, 1.82) is 0 Å². The van der Waals surface area contributed by atoms with Crippen molar-refractivity contribution >= 4 is 39.9 Å². The molecule has 0 saturated carbocycles. The molecule has 0 fully saturated rings. The lowest BCUT2D eigenvalue weighted by Gasteiger charge is -2.13. The van der Waals surface area contributed by atoms with Gasteiger partial charge in [0, 0.05) is 5.69 Å². The van der Waals surface area contributed by atoms with Crippen LogP contribution in [0.3, 0.4) is 0 Å². The number of hydrogen-bond donors (Lipinski definition) is 2. The van der Waals surface area contributed by atoms with Crippen LogP contribution in [-0.2, 0) is 0 Å². The highest BCUT2D eigenvalue weighted by Gasteiger charge is 2.36. The lowest BCUT2D eigenvalue weighted by Crippen LogP contribution is -2.29. The molecular formula is C26H18N2O4. The molecule has 0 aromatic heterocycles. The minimum absolute atomic E-state index is 0.118. The van der Waals surface area contributed by atoms with E-state index in [1.165, 1.54) is 18.2 Å². The Morgan fingerprint density at radius 3 is 2.19 bits per heavy atom. The second kappa shape index (κ2) is 7.35. The summed E-state index contributed by atoms with van der Waals surface area (Å²) in [5, 5.41) is 14.6. The van der Waals surface area contributed by atoms with Crippen LogP contribution in [0.25, 0.3) is 10.8 Å². The average Bonchev–Trinajstić information content (AvgIpc) is 3.03. The Kier molecular flexibility index (Phi) is 4.48. The van der Waals surface area contributed by atoms with Gasteiger partial charge in [-0.3, -0.25) is 14.4 Å². The van der Waals surface area contributed by atoms with Crippen LogP contribution in [0.2, 0.25) is 0 Å². The predicted molar refractivity (Wildman–Crippen MR) is 122 cm³/mol. The number of nitrogens with zero attached hydrogens (tertiary/aromatic N) is 1. The van der Waals surface area contributed by atoms with Crippen LogP contribution in [-0.4, -0.2) is 22.8 Å². The van der Waals surface area contributed by atoms with E-state index in [1.807, 2.05) is 43.3 Å². The van der Waals surface area contributed by atoms with E-state index in [4.69, 9.17) is 0 Å². The molecule has 4 aromatic rings. The first-order valence-corrected chi connectivity index (χ1v) is 10.0. The lowest BCUT2D eigenvalue weighted by atomic mass is 10.0. The topological polar surface area (TPSA) is 86.7 Å². The first kappa shape index (κ1) is 19.5. The van der Waals surface area contributed by atoms with E-state index in [2.05, 4.69) is 5.32 Å². The molecule has 0 spiro atoms. The molecule has 0 radical (unpaired) electrons. The van der Waals surface area contributed by atoms with Gasteiger partial charge >= 0.3 is 0 Å². The summed E-state index contributed by atoms with van der Waals surface area (Å²) in [6.07, 6.45) is 0. The standard InChI is InChI=1S/C26H18N2O4/c1-15-6-9-19(10-7-15)28-25(31)20-11-8-18(14-21(20)26(28)32)27-24(30)22-12-16-4-2-3-5-17(16)13-23(22)29/h2-14,29H,1H3,(H,27,30). The van der Waals surface area contributed by atoms with E-state index >= 15 is 0 Å². The number of rotatable bonds is 3. The zero-order valence-corrected chi connectivity index (χ0v) is 17.1. The number of benzene rings is 4. The van der Waals surface area contributed by atoms with Crippen LogP contribution in [0, 0.1) is 6.92 Å². The number of phenolic OH excluding ortho intramolecular Hbond substituents is 1. The van der Waals surface area contributed by atoms with Gasteiger partial charge in [0.15, 0.2) is 0 Å². The Hall–Kier alpha value is -4.45. The molecule has 1 heterocycles. The van der Waals surface area contributed by atoms with E-state index in [0.29, 0.717) is 11.4 Å². The number of hydrogen-bond acceptors (Lipinski definition) is 4. The quantitative estimate of drug-likeness (QED) is 0.460. The number of anilines is 2. The molecule has 1 aliphatic rings. The Morgan fingerprint density at radius 2 is 1.47 bits per heavy atom. The van der Waals surface area contributed by atoms with Gasteiger partial charge in [0.25, 0.3) is 17.7 Å². The number of aromatic hydroxyl groups is 1. The van der Waals surface area contributed by atoms with Crippen molar-refractivity contribution < 1.29 is 19.5 Å². The lowest BCUT2D eigenvalue weighted by molar-refractivity contribution is 0.0924. The maximum Gasteiger partial charge on any atom is 0.266 e. The van der Waals surface area contributed by atoms with Crippen molar-refractivity contribution in [3.63, 3.8) is 0 Å². The van der Waals surface area contributed by atoms with Gasteiger partial charge in [-0.1, -0.05) is 42.0 Å². The predicted octanol–water partition coefficient (Wildman–Crippen LogP) is 4.91. The smallest absolute Gasteiger partial charge is 0.266 e. The maximum atomic E-state index is 13.0. The summed E-state index contributed by atoms with van der Waals surface area (Å²) in [5.74, 6) is -1.50. The molecule has 0 saturated heterocycles. The van der Waals surface area contributed by atoms with Gasteiger partial charge in [0.05, 0.1) is 22.4 Å². The number of imide groups is 1. The maximum absolute atomic E-state index is 13.0. The summed E-state index contributed by atoms with van der Waals surface area (Å²) in [4.78, 5) is 39.7. The van der Waals surface area contributed by atoms with E-state index in [-0.39, 0.29) is 22.4 Å². The van der Waals surface area contributed by atoms with Gasteiger partial charge in [-0.25, -0.2) is 4.90 Å². The molecule has 0 unspecified atom stereocenters. The summed E-state index contributed by atoms with van der Waals surface area (Å²) in [6.45, 7) is 1.93. The van der Waals surface area contributed by atoms with Gasteiger partial charge < -0.3 is 10.4 Å². The molecule has 3 amide bonds. The van der Waals surface area contributed by atoms with E-state index < -0.39 is 17.7 Å². The number of fused-ring (bicyclic) bond motifs is 2. The molecular weight excluding hydrogens is 404 g/mol. The second-order valence-electron chi connectivity index (χ2n) is 7.71. The summed E-state index contributed by atoms with van der Waals surface area (Å²) < 4.78 is 0.